The second kappa shape index (κ2) is 9.06. The number of halogens is 3. The first-order valence-electron chi connectivity index (χ1n) is 10.7. The highest BCUT2D eigenvalue weighted by molar-refractivity contribution is 7.98. The molecule has 0 fully saturated rings. The van der Waals surface area contributed by atoms with Gasteiger partial charge in [0.2, 0.25) is 0 Å². The average Bonchev–Trinajstić information content (AvgIpc) is 3.27. The van der Waals surface area contributed by atoms with Gasteiger partial charge < -0.3 is 4.74 Å². The van der Waals surface area contributed by atoms with E-state index in [2.05, 4.69) is 17.2 Å². The molecule has 2 heterocycles. The largest absolute Gasteiger partial charge is 0.489 e. The van der Waals surface area contributed by atoms with Crippen LogP contribution in [0.4, 0.5) is 13.2 Å². The lowest BCUT2D eigenvalue weighted by molar-refractivity contribution is -0.137. The number of aryl methyl sites for hydroxylation is 1. The lowest BCUT2D eigenvalue weighted by Crippen LogP contribution is -2.09. The van der Waals surface area contributed by atoms with Crippen LogP contribution in [0.2, 0.25) is 0 Å². The summed E-state index contributed by atoms with van der Waals surface area (Å²) in [6.07, 6.45) is -0.928. The van der Waals surface area contributed by atoms with Gasteiger partial charge in [0.1, 0.15) is 12.4 Å². The molecule has 34 heavy (non-hydrogen) atoms. The molecule has 1 aliphatic rings. The van der Waals surface area contributed by atoms with Crippen molar-refractivity contribution in [1.29, 1.82) is 0 Å². The Labute approximate surface area is 199 Å². The monoisotopic (exact) mass is 478 g/mol. The van der Waals surface area contributed by atoms with Gasteiger partial charge in [0, 0.05) is 35.0 Å². The maximum atomic E-state index is 13.5. The zero-order chi connectivity index (χ0) is 23.7. The standard InChI is InChI=1S/C27H21F3N2OS/c1-32-25(11-13-31-32)24-15-19(27(28,29)30)7-9-21(24)22-12-14-33-26-16-20(8-10-23(22)26)34-17-18-5-3-2-4-6-18/h2-13,15-16H,14,17H2,1H3. The lowest BCUT2D eigenvalue weighted by Gasteiger charge is -2.22. The number of thioether (sulfide) groups is 1. The molecule has 0 radical (unpaired) electrons. The molecular formula is C27H21F3N2OS. The minimum atomic E-state index is -4.43. The highest BCUT2D eigenvalue weighted by atomic mass is 32.2. The van der Waals surface area contributed by atoms with Gasteiger partial charge in [-0.05, 0) is 59.2 Å². The van der Waals surface area contributed by atoms with Crippen LogP contribution >= 0.6 is 11.8 Å². The smallest absolute Gasteiger partial charge is 0.416 e. The van der Waals surface area contributed by atoms with Crippen molar-refractivity contribution in [3.63, 3.8) is 0 Å². The molecule has 0 bridgehead atoms. The van der Waals surface area contributed by atoms with Gasteiger partial charge in [0.15, 0.2) is 0 Å². The highest BCUT2D eigenvalue weighted by Crippen LogP contribution is 2.42. The third-order valence-electron chi connectivity index (χ3n) is 5.75. The molecule has 7 heteroatoms. The van der Waals surface area contributed by atoms with E-state index in [-0.39, 0.29) is 0 Å². The van der Waals surface area contributed by atoms with E-state index in [0.29, 0.717) is 23.4 Å². The van der Waals surface area contributed by atoms with Crippen LogP contribution in [0.5, 0.6) is 5.75 Å². The van der Waals surface area contributed by atoms with Crippen LogP contribution in [-0.4, -0.2) is 16.4 Å². The molecular weight excluding hydrogens is 457 g/mol. The molecule has 0 saturated carbocycles. The first kappa shape index (κ1) is 22.3. The Hall–Kier alpha value is -3.45. The van der Waals surface area contributed by atoms with E-state index in [4.69, 9.17) is 4.74 Å². The summed E-state index contributed by atoms with van der Waals surface area (Å²) < 4.78 is 48.0. The predicted molar refractivity (Wildman–Crippen MR) is 129 cm³/mol. The summed E-state index contributed by atoms with van der Waals surface area (Å²) in [6.45, 7) is 0.348. The second-order valence-electron chi connectivity index (χ2n) is 7.96. The van der Waals surface area contributed by atoms with Crippen LogP contribution in [0.3, 0.4) is 0 Å². The summed E-state index contributed by atoms with van der Waals surface area (Å²) in [6, 6.07) is 21.8. The van der Waals surface area contributed by atoms with Crippen molar-refractivity contribution in [3.05, 3.63) is 107 Å². The number of fused-ring (bicyclic) bond motifs is 1. The molecule has 0 amide bonds. The number of aromatic nitrogens is 2. The molecule has 1 aliphatic heterocycles. The van der Waals surface area contributed by atoms with Crippen molar-refractivity contribution in [2.45, 2.75) is 16.8 Å². The highest BCUT2D eigenvalue weighted by Gasteiger charge is 2.32. The normalized spacial score (nSPS) is 13.2. The van der Waals surface area contributed by atoms with Gasteiger partial charge in [-0.3, -0.25) is 4.68 Å². The summed E-state index contributed by atoms with van der Waals surface area (Å²) in [7, 11) is 1.72. The molecule has 4 aromatic rings. The summed E-state index contributed by atoms with van der Waals surface area (Å²) >= 11 is 1.72. The summed E-state index contributed by atoms with van der Waals surface area (Å²) in [4.78, 5) is 1.07. The Kier molecular flexibility index (Phi) is 5.96. The Morgan fingerprint density at radius 1 is 0.941 bits per heavy atom. The molecule has 1 aromatic heterocycles. The van der Waals surface area contributed by atoms with Crippen LogP contribution in [0.25, 0.3) is 16.8 Å². The minimum Gasteiger partial charge on any atom is -0.489 e. The van der Waals surface area contributed by atoms with Crippen LogP contribution in [0.15, 0.2) is 90.0 Å². The van der Waals surface area contributed by atoms with E-state index in [0.717, 1.165) is 33.6 Å². The molecule has 5 rings (SSSR count). The third-order valence-corrected chi connectivity index (χ3v) is 6.82. The molecule has 3 aromatic carbocycles. The Balaban J connectivity index is 1.52. The fraction of sp³-hybridized carbons (Fsp3) is 0.148. The van der Waals surface area contributed by atoms with E-state index >= 15 is 0 Å². The summed E-state index contributed by atoms with van der Waals surface area (Å²) in [5.41, 5.74) is 4.07. The minimum absolute atomic E-state index is 0.348. The van der Waals surface area contributed by atoms with Gasteiger partial charge >= 0.3 is 6.18 Å². The van der Waals surface area contributed by atoms with Gasteiger partial charge in [0.25, 0.3) is 0 Å². The fourth-order valence-electron chi connectivity index (χ4n) is 4.06. The molecule has 0 unspecified atom stereocenters. The molecule has 172 valence electrons. The van der Waals surface area contributed by atoms with Crippen molar-refractivity contribution in [2.24, 2.45) is 7.05 Å². The lowest BCUT2D eigenvalue weighted by atomic mass is 9.89. The maximum Gasteiger partial charge on any atom is 0.416 e. The van der Waals surface area contributed by atoms with Crippen molar-refractivity contribution < 1.29 is 17.9 Å². The number of hydrogen-bond donors (Lipinski definition) is 0. The maximum absolute atomic E-state index is 13.5. The van der Waals surface area contributed by atoms with E-state index in [1.54, 1.807) is 41.8 Å². The van der Waals surface area contributed by atoms with E-state index in [1.165, 1.54) is 11.6 Å². The van der Waals surface area contributed by atoms with Crippen molar-refractivity contribution in [2.75, 3.05) is 6.61 Å². The van der Waals surface area contributed by atoms with Gasteiger partial charge in [-0.15, -0.1) is 11.8 Å². The number of ether oxygens (including phenoxy) is 1. The number of rotatable bonds is 5. The molecule has 0 saturated heterocycles. The number of benzene rings is 3. The van der Waals surface area contributed by atoms with Crippen LogP contribution in [0.1, 0.15) is 22.3 Å². The van der Waals surface area contributed by atoms with Gasteiger partial charge in [-0.25, -0.2) is 0 Å². The predicted octanol–water partition coefficient (Wildman–Crippen LogP) is 7.22. The van der Waals surface area contributed by atoms with Crippen LogP contribution in [-0.2, 0) is 19.0 Å². The van der Waals surface area contributed by atoms with E-state index < -0.39 is 11.7 Å². The van der Waals surface area contributed by atoms with Crippen molar-refractivity contribution >= 4 is 17.3 Å². The van der Waals surface area contributed by atoms with Gasteiger partial charge in [-0.1, -0.05) is 36.4 Å². The number of nitrogens with zero attached hydrogens (tertiary/aromatic N) is 2. The van der Waals surface area contributed by atoms with E-state index in [9.17, 15) is 13.2 Å². The van der Waals surface area contributed by atoms with Gasteiger partial charge in [-0.2, -0.15) is 18.3 Å². The Morgan fingerprint density at radius 3 is 2.47 bits per heavy atom. The number of alkyl halides is 3. The molecule has 0 aliphatic carbocycles. The van der Waals surface area contributed by atoms with Gasteiger partial charge in [0.05, 0.1) is 11.3 Å². The third kappa shape index (κ3) is 4.48. The average molecular weight is 479 g/mol. The van der Waals surface area contributed by atoms with Crippen LogP contribution < -0.4 is 4.74 Å². The SMILES string of the molecule is Cn1nccc1-c1cc(C(F)(F)F)ccc1C1=CCOc2cc(SCc3ccccc3)ccc21. The molecule has 0 spiro atoms. The fourth-order valence-corrected chi connectivity index (χ4v) is 4.94. The zero-order valence-electron chi connectivity index (χ0n) is 18.3. The van der Waals surface area contributed by atoms with Crippen molar-refractivity contribution in [1.82, 2.24) is 9.78 Å². The number of hydrogen-bond acceptors (Lipinski definition) is 3. The zero-order valence-corrected chi connectivity index (χ0v) is 19.2. The quantitative estimate of drug-likeness (QED) is 0.283. The first-order valence-corrected chi connectivity index (χ1v) is 11.7. The summed E-state index contributed by atoms with van der Waals surface area (Å²) in [5.74, 6) is 1.57. The summed E-state index contributed by atoms with van der Waals surface area (Å²) in [5, 5.41) is 4.16. The Bertz CT molecular complexity index is 1360. The topological polar surface area (TPSA) is 27.1 Å². The van der Waals surface area contributed by atoms with Crippen LogP contribution in [0, 0.1) is 0 Å². The van der Waals surface area contributed by atoms with Crippen molar-refractivity contribution in [3.8, 4) is 17.0 Å². The Morgan fingerprint density at radius 2 is 1.74 bits per heavy atom. The second-order valence-corrected chi connectivity index (χ2v) is 9.01. The first-order chi connectivity index (χ1) is 16.4. The van der Waals surface area contributed by atoms with E-state index in [1.807, 2.05) is 42.5 Å². The molecule has 0 atom stereocenters. The molecule has 3 nitrogen and oxygen atoms in total. The molecule has 0 N–H and O–H groups in total.